The van der Waals surface area contributed by atoms with Crippen LogP contribution in [0.1, 0.15) is 25.3 Å². The van der Waals surface area contributed by atoms with E-state index in [1.807, 2.05) is 47.4 Å². The van der Waals surface area contributed by atoms with Crippen molar-refractivity contribution in [2.24, 2.45) is 5.92 Å². The van der Waals surface area contributed by atoms with E-state index in [9.17, 15) is 9.90 Å². The van der Waals surface area contributed by atoms with Crippen molar-refractivity contribution in [1.29, 1.82) is 0 Å². The highest BCUT2D eigenvalue weighted by Gasteiger charge is 2.34. The molecule has 98 valence electrons. The van der Waals surface area contributed by atoms with Crippen LogP contribution in [0.4, 0.5) is 0 Å². The number of hydrogen-bond donors (Lipinski definition) is 1. The number of aromatic nitrogens is 2. The first kappa shape index (κ1) is 12.0. The van der Waals surface area contributed by atoms with E-state index in [4.69, 9.17) is 0 Å². The van der Waals surface area contributed by atoms with Crippen molar-refractivity contribution in [2.75, 3.05) is 0 Å². The second-order valence-corrected chi connectivity index (χ2v) is 5.02. The molecule has 1 aromatic heterocycles. The van der Waals surface area contributed by atoms with Crippen LogP contribution in [0.5, 0.6) is 0 Å². The minimum absolute atomic E-state index is 0.00466. The molecular weight excluding hydrogens is 240 g/mol. The van der Waals surface area contributed by atoms with E-state index in [2.05, 4.69) is 5.10 Å². The zero-order chi connectivity index (χ0) is 13.2. The molecule has 2 unspecified atom stereocenters. The minimum atomic E-state index is -0.709. The zero-order valence-corrected chi connectivity index (χ0v) is 10.6. The molecule has 1 heterocycles. The van der Waals surface area contributed by atoms with Crippen molar-refractivity contribution in [2.45, 2.75) is 25.3 Å². The highest BCUT2D eigenvalue weighted by Crippen LogP contribution is 2.36. The molecule has 1 fully saturated rings. The van der Waals surface area contributed by atoms with Gasteiger partial charge in [-0.3, -0.25) is 9.48 Å². The van der Waals surface area contributed by atoms with Crippen molar-refractivity contribution in [3.63, 3.8) is 0 Å². The lowest BCUT2D eigenvalue weighted by atomic mass is 10.0. The summed E-state index contributed by atoms with van der Waals surface area (Å²) >= 11 is 0. The Bertz CT molecular complexity index is 577. The van der Waals surface area contributed by atoms with Crippen molar-refractivity contribution >= 4 is 5.97 Å². The molecule has 1 aromatic carbocycles. The first-order chi connectivity index (χ1) is 9.25. The smallest absolute Gasteiger partial charge is 0.308 e. The molecule has 2 aromatic rings. The number of benzene rings is 1. The molecule has 19 heavy (non-hydrogen) atoms. The standard InChI is InChI=1S/C15H16N2O2/c18-15(19)13-7-4-8-14(13)17-10-12(9-16-17)11-5-2-1-3-6-11/h1-3,5-6,9-10,13-14H,4,7-8H2,(H,18,19). The summed E-state index contributed by atoms with van der Waals surface area (Å²) in [6.45, 7) is 0. The first-order valence-electron chi connectivity index (χ1n) is 6.58. The maximum atomic E-state index is 11.2. The van der Waals surface area contributed by atoms with Gasteiger partial charge in [0.05, 0.1) is 18.2 Å². The molecule has 1 aliphatic rings. The van der Waals surface area contributed by atoms with E-state index in [-0.39, 0.29) is 12.0 Å². The van der Waals surface area contributed by atoms with Gasteiger partial charge in [0.2, 0.25) is 0 Å². The summed E-state index contributed by atoms with van der Waals surface area (Å²) in [4.78, 5) is 11.2. The number of rotatable bonds is 3. The average Bonchev–Trinajstić information content (AvgIpc) is 3.08. The fraction of sp³-hybridized carbons (Fsp3) is 0.333. The number of carboxylic acid groups (broad SMARTS) is 1. The molecule has 0 amide bonds. The van der Waals surface area contributed by atoms with E-state index >= 15 is 0 Å². The molecule has 1 saturated carbocycles. The number of hydrogen-bond acceptors (Lipinski definition) is 2. The van der Waals surface area contributed by atoms with Crippen LogP contribution in [0.25, 0.3) is 11.1 Å². The Balaban J connectivity index is 1.87. The molecule has 1 aliphatic carbocycles. The fourth-order valence-electron chi connectivity index (χ4n) is 2.84. The summed E-state index contributed by atoms with van der Waals surface area (Å²) in [6, 6.07) is 10.0. The number of carbonyl (C=O) groups is 1. The van der Waals surface area contributed by atoms with Gasteiger partial charge in [0.15, 0.2) is 0 Å². The van der Waals surface area contributed by atoms with Gasteiger partial charge < -0.3 is 5.11 Å². The van der Waals surface area contributed by atoms with Crippen LogP contribution in [0, 0.1) is 5.92 Å². The topological polar surface area (TPSA) is 55.1 Å². The van der Waals surface area contributed by atoms with E-state index in [1.165, 1.54) is 0 Å². The Kier molecular flexibility index (Phi) is 3.07. The molecule has 0 spiro atoms. The van der Waals surface area contributed by atoms with Crippen molar-refractivity contribution in [3.8, 4) is 11.1 Å². The summed E-state index contributed by atoms with van der Waals surface area (Å²) in [5, 5.41) is 13.6. The van der Waals surface area contributed by atoms with Gasteiger partial charge in [-0.2, -0.15) is 5.10 Å². The summed E-state index contributed by atoms with van der Waals surface area (Å²) in [5.41, 5.74) is 2.15. The van der Waals surface area contributed by atoms with Crippen molar-refractivity contribution < 1.29 is 9.90 Å². The highest BCUT2D eigenvalue weighted by molar-refractivity contribution is 5.71. The van der Waals surface area contributed by atoms with E-state index in [0.29, 0.717) is 0 Å². The second-order valence-electron chi connectivity index (χ2n) is 5.02. The van der Waals surface area contributed by atoms with Crippen LogP contribution in [-0.2, 0) is 4.79 Å². The van der Waals surface area contributed by atoms with Crippen LogP contribution < -0.4 is 0 Å². The molecular formula is C15H16N2O2. The molecule has 4 nitrogen and oxygen atoms in total. The zero-order valence-electron chi connectivity index (χ0n) is 10.6. The van der Waals surface area contributed by atoms with Gasteiger partial charge in [-0.25, -0.2) is 0 Å². The third-order valence-corrected chi connectivity index (χ3v) is 3.85. The monoisotopic (exact) mass is 256 g/mol. The molecule has 0 bridgehead atoms. The fourth-order valence-corrected chi connectivity index (χ4v) is 2.84. The highest BCUT2D eigenvalue weighted by atomic mass is 16.4. The second kappa shape index (κ2) is 4.88. The van der Waals surface area contributed by atoms with Crippen LogP contribution in [0.3, 0.4) is 0 Å². The molecule has 1 N–H and O–H groups in total. The lowest BCUT2D eigenvalue weighted by Crippen LogP contribution is -2.21. The SMILES string of the molecule is O=C(O)C1CCCC1n1cc(-c2ccccc2)cn1. The van der Waals surface area contributed by atoms with Crippen LogP contribution >= 0.6 is 0 Å². The lowest BCUT2D eigenvalue weighted by Gasteiger charge is -2.15. The Morgan fingerprint density at radius 2 is 2.00 bits per heavy atom. The molecule has 0 radical (unpaired) electrons. The van der Waals surface area contributed by atoms with Crippen molar-refractivity contribution in [1.82, 2.24) is 9.78 Å². The molecule has 2 atom stereocenters. The van der Waals surface area contributed by atoms with E-state index in [1.54, 1.807) is 0 Å². The Hall–Kier alpha value is -2.10. The maximum Gasteiger partial charge on any atom is 0.308 e. The van der Waals surface area contributed by atoms with Crippen molar-refractivity contribution in [3.05, 3.63) is 42.7 Å². The van der Waals surface area contributed by atoms with Crippen LogP contribution in [0.2, 0.25) is 0 Å². The van der Waals surface area contributed by atoms with E-state index < -0.39 is 5.97 Å². The summed E-state index contributed by atoms with van der Waals surface area (Å²) in [5.74, 6) is -1.01. The number of nitrogens with zero attached hydrogens (tertiary/aromatic N) is 2. The average molecular weight is 256 g/mol. The summed E-state index contributed by atoms with van der Waals surface area (Å²) < 4.78 is 1.83. The summed E-state index contributed by atoms with van der Waals surface area (Å²) in [6.07, 6.45) is 6.38. The van der Waals surface area contributed by atoms with Crippen LogP contribution in [0.15, 0.2) is 42.7 Å². The van der Waals surface area contributed by atoms with Gasteiger partial charge in [0.1, 0.15) is 0 Å². The quantitative estimate of drug-likeness (QED) is 0.918. The minimum Gasteiger partial charge on any atom is -0.481 e. The number of aliphatic carboxylic acids is 1. The Morgan fingerprint density at radius 3 is 2.74 bits per heavy atom. The van der Waals surface area contributed by atoms with Gasteiger partial charge in [0.25, 0.3) is 0 Å². The Labute approximate surface area is 111 Å². The molecule has 0 saturated heterocycles. The largest absolute Gasteiger partial charge is 0.481 e. The van der Waals surface area contributed by atoms with E-state index in [0.717, 1.165) is 30.4 Å². The predicted octanol–water partition coefficient (Wildman–Crippen LogP) is 2.98. The Morgan fingerprint density at radius 1 is 1.21 bits per heavy atom. The van der Waals surface area contributed by atoms with Gasteiger partial charge in [-0.1, -0.05) is 36.8 Å². The lowest BCUT2D eigenvalue weighted by molar-refractivity contribution is -0.142. The molecule has 4 heteroatoms. The maximum absolute atomic E-state index is 11.2. The third-order valence-electron chi connectivity index (χ3n) is 3.85. The van der Waals surface area contributed by atoms with Gasteiger partial charge in [0, 0.05) is 11.8 Å². The normalized spacial score (nSPS) is 22.5. The van der Waals surface area contributed by atoms with Gasteiger partial charge in [-0.05, 0) is 18.4 Å². The molecule has 0 aliphatic heterocycles. The molecule has 3 rings (SSSR count). The predicted molar refractivity (Wildman–Crippen MR) is 71.7 cm³/mol. The van der Waals surface area contributed by atoms with Gasteiger partial charge >= 0.3 is 5.97 Å². The first-order valence-corrected chi connectivity index (χ1v) is 6.58. The third kappa shape index (κ3) is 2.26. The van der Waals surface area contributed by atoms with Gasteiger partial charge in [-0.15, -0.1) is 0 Å². The van der Waals surface area contributed by atoms with Crippen LogP contribution in [-0.4, -0.2) is 20.9 Å². The number of carboxylic acids is 1. The summed E-state index contributed by atoms with van der Waals surface area (Å²) in [7, 11) is 0.